The third kappa shape index (κ3) is 2.86. The molecule has 0 radical (unpaired) electrons. The maximum absolute atomic E-state index is 12.2. The fourth-order valence-electron chi connectivity index (χ4n) is 2.81. The number of sulfonamides is 1. The molecule has 0 spiro atoms. The smallest absolute Gasteiger partial charge is 0.250 e. The summed E-state index contributed by atoms with van der Waals surface area (Å²) < 4.78 is 27.7. The van der Waals surface area contributed by atoms with Gasteiger partial charge >= 0.3 is 5.69 Å². The molecule has 7 nitrogen and oxygen atoms in total. The van der Waals surface area contributed by atoms with Crippen LogP contribution in [0.2, 0.25) is 0 Å². The van der Waals surface area contributed by atoms with Crippen LogP contribution in [0.25, 0.3) is 5.65 Å². The van der Waals surface area contributed by atoms with E-state index >= 15 is 0 Å². The van der Waals surface area contributed by atoms with Crippen molar-refractivity contribution < 1.29 is 8.42 Å². The average molecular weight is 310 g/mol. The molecule has 1 atom stereocenters. The van der Waals surface area contributed by atoms with Gasteiger partial charge in [0.15, 0.2) is 5.65 Å². The lowest BCUT2D eigenvalue weighted by atomic mass is 10.00. The van der Waals surface area contributed by atoms with E-state index in [0.29, 0.717) is 25.3 Å². The molecule has 1 unspecified atom stereocenters. The number of fused-ring (bicyclic) bond motifs is 1. The van der Waals surface area contributed by atoms with E-state index in [9.17, 15) is 13.2 Å². The lowest BCUT2D eigenvalue weighted by Crippen LogP contribution is -2.41. The van der Waals surface area contributed by atoms with Crippen LogP contribution in [0.1, 0.15) is 12.8 Å². The van der Waals surface area contributed by atoms with Crippen LogP contribution >= 0.6 is 0 Å². The Morgan fingerprint density at radius 2 is 2.19 bits per heavy atom. The second-order valence-electron chi connectivity index (χ2n) is 5.52. The van der Waals surface area contributed by atoms with E-state index < -0.39 is 10.0 Å². The normalized spacial score (nSPS) is 20.9. The van der Waals surface area contributed by atoms with Gasteiger partial charge in [0.05, 0.1) is 12.8 Å². The summed E-state index contributed by atoms with van der Waals surface area (Å²) in [4.78, 5) is 12.2. The van der Waals surface area contributed by atoms with Crippen LogP contribution in [-0.2, 0) is 16.6 Å². The molecule has 3 heterocycles. The highest BCUT2D eigenvalue weighted by atomic mass is 32.2. The van der Waals surface area contributed by atoms with Crippen LogP contribution in [0.15, 0.2) is 29.2 Å². The molecular formula is C13H18N4O3S. The van der Waals surface area contributed by atoms with Crippen LogP contribution < -0.4 is 5.69 Å². The number of rotatable bonds is 3. The maximum Gasteiger partial charge on any atom is 0.350 e. The summed E-state index contributed by atoms with van der Waals surface area (Å²) in [6.07, 6.45) is 4.64. The first-order chi connectivity index (χ1) is 9.95. The summed E-state index contributed by atoms with van der Waals surface area (Å²) in [5, 5.41) is 4.29. The van der Waals surface area contributed by atoms with Gasteiger partial charge in [-0.05, 0) is 30.9 Å². The molecule has 8 heteroatoms. The summed E-state index contributed by atoms with van der Waals surface area (Å²) in [5.41, 5.74) is 0.431. The van der Waals surface area contributed by atoms with E-state index in [2.05, 4.69) is 5.10 Å². The first kappa shape index (κ1) is 14.3. The number of hydrogen-bond donors (Lipinski definition) is 0. The zero-order valence-corrected chi connectivity index (χ0v) is 12.7. The fraction of sp³-hybridized carbons (Fsp3) is 0.538. The molecule has 0 saturated carbocycles. The Morgan fingerprint density at radius 3 is 2.90 bits per heavy atom. The minimum Gasteiger partial charge on any atom is -0.250 e. The van der Waals surface area contributed by atoms with Crippen molar-refractivity contribution in [1.82, 2.24) is 18.5 Å². The number of nitrogens with zero attached hydrogens (tertiary/aromatic N) is 4. The molecule has 1 aliphatic heterocycles. The van der Waals surface area contributed by atoms with Crippen LogP contribution in [0.3, 0.4) is 0 Å². The van der Waals surface area contributed by atoms with Gasteiger partial charge in [-0.3, -0.25) is 4.40 Å². The van der Waals surface area contributed by atoms with Gasteiger partial charge in [-0.25, -0.2) is 22.2 Å². The molecule has 1 saturated heterocycles. The largest absolute Gasteiger partial charge is 0.350 e. The fourth-order valence-corrected chi connectivity index (χ4v) is 3.75. The molecule has 21 heavy (non-hydrogen) atoms. The second-order valence-corrected chi connectivity index (χ2v) is 7.51. The maximum atomic E-state index is 12.2. The van der Waals surface area contributed by atoms with Gasteiger partial charge in [-0.2, -0.15) is 0 Å². The second kappa shape index (κ2) is 5.27. The Balaban J connectivity index is 1.82. The van der Waals surface area contributed by atoms with Crippen molar-refractivity contribution in [2.75, 3.05) is 19.3 Å². The van der Waals surface area contributed by atoms with Gasteiger partial charge in [-0.15, -0.1) is 5.10 Å². The lowest BCUT2D eigenvalue weighted by molar-refractivity contribution is 0.239. The minimum absolute atomic E-state index is 0.121. The van der Waals surface area contributed by atoms with E-state index in [4.69, 9.17) is 0 Å². The molecule has 0 N–H and O–H groups in total. The van der Waals surface area contributed by atoms with E-state index in [1.54, 1.807) is 18.3 Å². The molecule has 2 aromatic rings. The Morgan fingerprint density at radius 1 is 1.38 bits per heavy atom. The highest BCUT2D eigenvalue weighted by molar-refractivity contribution is 7.88. The number of piperidine rings is 1. The van der Waals surface area contributed by atoms with Crippen molar-refractivity contribution in [1.29, 1.82) is 0 Å². The highest BCUT2D eigenvalue weighted by Crippen LogP contribution is 2.19. The third-order valence-electron chi connectivity index (χ3n) is 3.87. The Hall–Kier alpha value is -1.67. The van der Waals surface area contributed by atoms with Crippen LogP contribution in [0, 0.1) is 5.92 Å². The molecule has 0 aliphatic carbocycles. The van der Waals surface area contributed by atoms with Crippen molar-refractivity contribution in [3.8, 4) is 0 Å². The van der Waals surface area contributed by atoms with Crippen molar-refractivity contribution in [3.05, 3.63) is 34.9 Å². The van der Waals surface area contributed by atoms with Gasteiger partial charge in [0, 0.05) is 19.3 Å². The third-order valence-corrected chi connectivity index (χ3v) is 5.14. The quantitative estimate of drug-likeness (QED) is 0.809. The van der Waals surface area contributed by atoms with Gasteiger partial charge in [0.2, 0.25) is 10.0 Å². The Labute approximate surface area is 122 Å². The zero-order valence-electron chi connectivity index (χ0n) is 11.8. The van der Waals surface area contributed by atoms with E-state index in [0.717, 1.165) is 12.8 Å². The first-order valence-electron chi connectivity index (χ1n) is 6.94. The Kier molecular flexibility index (Phi) is 3.58. The van der Waals surface area contributed by atoms with Gasteiger partial charge in [0.25, 0.3) is 0 Å². The predicted octanol–water partition coefficient (Wildman–Crippen LogP) is 0.168. The molecule has 2 aromatic heterocycles. The SMILES string of the molecule is CS(=O)(=O)N1CCCC(Cn2nc3ccccn3c2=O)C1. The van der Waals surface area contributed by atoms with Gasteiger partial charge < -0.3 is 0 Å². The summed E-state index contributed by atoms with van der Waals surface area (Å²) in [6.45, 7) is 1.47. The molecule has 0 amide bonds. The summed E-state index contributed by atoms with van der Waals surface area (Å²) in [5.74, 6) is 0.121. The molecule has 0 aromatic carbocycles. The lowest BCUT2D eigenvalue weighted by Gasteiger charge is -2.30. The molecule has 1 fully saturated rings. The Bertz CT molecular complexity index is 808. The molecule has 114 valence electrons. The first-order valence-corrected chi connectivity index (χ1v) is 8.79. The minimum atomic E-state index is -3.17. The van der Waals surface area contributed by atoms with Crippen LogP contribution in [-0.4, -0.2) is 46.2 Å². The number of aromatic nitrogens is 3. The topological polar surface area (TPSA) is 76.7 Å². The molecular weight excluding hydrogens is 292 g/mol. The van der Waals surface area contributed by atoms with Crippen LogP contribution in [0.4, 0.5) is 0 Å². The van der Waals surface area contributed by atoms with Crippen molar-refractivity contribution >= 4 is 15.7 Å². The van der Waals surface area contributed by atoms with Gasteiger partial charge in [-0.1, -0.05) is 6.07 Å². The predicted molar refractivity (Wildman–Crippen MR) is 78.6 cm³/mol. The summed E-state index contributed by atoms with van der Waals surface area (Å²) in [7, 11) is -3.17. The number of hydrogen-bond acceptors (Lipinski definition) is 4. The molecule has 3 rings (SSSR count). The van der Waals surface area contributed by atoms with E-state index in [1.807, 2.05) is 6.07 Å². The van der Waals surface area contributed by atoms with Crippen molar-refractivity contribution in [2.45, 2.75) is 19.4 Å². The van der Waals surface area contributed by atoms with Gasteiger partial charge in [0.1, 0.15) is 0 Å². The summed E-state index contributed by atoms with van der Waals surface area (Å²) in [6, 6.07) is 5.39. The monoisotopic (exact) mass is 310 g/mol. The molecule has 1 aliphatic rings. The summed E-state index contributed by atoms with van der Waals surface area (Å²) >= 11 is 0. The zero-order chi connectivity index (χ0) is 15.0. The molecule has 0 bridgehead atoms. The van der Waals surface area contributed by atoms with E-state index in [-0.39, 0.29) is 11.6 Å². The number of pyridine rings is 1. The standard InChI is InChI=1S/C13H18N4O3S/c1-21(19,20)15-7-4-5-11(9-15)10-17-13(18)16-8-3-2-6-12(16)14-17/h2-3,6,8,11H,4-5,7,9-10H2,1H3. The van der Waals surface area contributed by atoms with Crippen molar-refractivity contribution in [2.24, 2.45) is 5.92 Å². The van der Waals surface area contributed by atoms with Crippen LogP contribution in [0.5, 0.6) is 0 Å². The van der Waals surface area contributed by atoms with E-state index in [1.165, 1.54) is 19.6 Å². The average Bonchev–Trinajstić information content (AvgIpc) is 2.75. The van der Waals surface area contributed by atoms with Crippen molar-refractivity contribution in [3.63, 3.8) is 0 Å². The highest BCUT2D eigenvalue weighted by Gasteiger charge is 2.26.